The third-order valence-electron chi connectivity index (χ3n) is 1.74. The van der Waals surface area contributed by atoms with Crippen LogP contribution in [0, 0.1) is 0 Å². The molecule has 13 heavy (non-hydrogen) atoms. The van der Waals surface area contributed by atoms with E-state index in [9.17, 15) is 10.2 Å². The summed E-state index contributed by atoms with van der Waals surface area (Å²) in [6.45, 7) is 0.460. The largest absolute Gasteiger partial charge is 0.508 e. The highest BCUT2D eigenvalue weighted by atomic mass is 79.9. The molecule has 1 atom stereocenters. The summed E-state index contributed by atoms with van der Waals surface area (Å²) in [5.74, 6) is 0.161. The second-order valence-electron chi connectivity index (χ2n) is 2.78. The van der Waals surface area contributed by atoms with Gasteiger partial charge in [-0.2, -0.15) is 0 Å². The molecule has 72 valence electrons. The van der Waals surface area contributed by atoms with Gasteiger partial charge in [0.05, 0.1) is 6.10 Å². The van der Waals surface area contributed by atoms with E-state index in [1.165, 1.54) is 0 Å². The summed E-state index contributed by atoms with van der Waals surface area (Å²) in [6.07, 6.45) is -0.605. The first kappa shape index (κ1) is 10.5. The van der Waals surface area contributed by atoms with Gasteiger partial charge in [-0.05, 0) is 30.8 Å². The summed E-state index contributed by atoms with van der Waals surface area (Å²) in [6, 6.07) is 4.83. The normalized spacial score (nSPS) is 12.8. The maximum atomic E-state index is 9.62. The first-order valence-corrected chi connectivity index (χ1v) is 4.75. The van der Waals surface area contributed by atoms with Gasteiger partial charge in [-0.1, -0.05) is 15.9 Å². The SMILES string of the molecule is CNC[C@@H](O)c1cc(O)ccc1Br. The Hall–Kier alpha value is -0.580. The van der Waals surface area contributed by atoms with Crippen LogP contribution in [-0.4, -0.2) is 23.8 Å². The second kappa shape index (κ2) is 4.60. The van der Waals surface area contributed by atoms with E-state index >= 15 is 0 Å². The minimum Gasteiger partial charge on any atom is -0.508 e. The Labute approximate surface area is 85.5 Å². The van der Waals surface area contributed by atoms with E-state index in [4.69, 9.17) is 0 Å². The Balaban J connectivity index is 2.91. The minimum atomic E-state index is -0.605. The number of phenols is 1. The summed E-state index contributed by atoms with van der Waals surface area (Å²) < 4.78 is 0.799. The number of rotatable bonds is 3. The van der Waals surface area contributed by atoms with Crippen molar-refractivity contribution in [3.63, 3.8) is 0 Å². The molecular weight excluding hydrogens is 234 g/mol. The predicted octanol–water partition coefficient (Wildman–Crippen LogP) is 1.41. The van der Waals surface area contributed by atoms with Crippen LogP contribution in [0.3, 0.4) is 0 Å². The van der Waals surface area contributed by atoms with Gasteiger partial charge in [-0.25, -0.2) is 0 Å². The first-order valence-electron chi connectivity index (χ1n) is 3.96. The Morgan fingerprint density at radius 3 is 2.85 bits per heavy atom. The molecule has 0 saturated heterocycles. The molecule has 1 aromatic carbocycles. The Kier molecular flexibility index (Phi) is 3.71. The monoisotopic (exact) mass is 245 g/mol. The Morgan fingerprint density at radius 1 is 1.54 bits per heavy atom. The van der Waals surface area contributed by atoms with Gasteiger partial charge in [0.15, 0.2) is 0 Å². The molecule has 0 heterocycles. The molecule has 0 amide bonds. The fourth-order valence-corrected chi connectivity index (χ4v) is 1.60. The standard InChI is InChI=1S/C9H12BrNO2/c1-11-5-9(13)7-4-6(12)2-3-8(7)10/h2-4,9,11-13H,5H2,1H3/t9-/m1/s1. The number of hydrogen-bond donors (Lipinski definition) is 3. The van der Waals surface area contributed by atoms with Gasteiger partial charge in [0.25, 0.3) is 0 Å². The van der Waals surface area contributed by atoms with Crippen LogP contribution in [0.1, 0.15) is 11.7 Å². The van der Waals surface area contributed by atoms with Crippen LogP contribution in [0.15, 0.2) is 22.7 Å². The lowest BCUT2D eigenvalue weighted by Crippen LogP contribution is -2.16. The summed E-state index contributed by atoms with van der Waals surface area (Å²) in [5, 5.41) is 21.7. The molecule has 0 aromatic heterocycles. The van der Waals surface area contributed by atoms with Crippen molar-refractivity contribution in [2.24, 2.45) is 0 Å². The fourth-order valence-electron chi connectivity index (χ4n) is 1.09. The summed E-state index contributed by atoms with van der Waals surface area (Å²) in [7, 11) is 1.76. The molecule has 0 bridgehead atoms. The zero-order valence-corrected chi connectivity index (χ0v) is 8.87. The highest BCUT2D eigenvalue weighted by Gasteiger charge is 2.10. The molecule has 0 saturated carbocycles. The van der Waals surface area contributed by atoms with Crippen molar-refractivity contribution in [3.05, 3.63) is 28.2 Å². The van der Waals surface area contributed by atoms with E-state index in [0.717, 1.165) is 4.47 Å². The molecule has 0 unspecified atom stereocenters. The van der Waals surface area contributed by atoms with Crippen LogP contribution < -0.4 is 5.32 Å². The lowest BCUT2D eigenvalue weighted by molar-refractivity contribution is 0.176. The summed E-state index contributed by atoms with van der Waals surface area (Å²) >= 11 is 3.30. The summed E-state index contributed by atoms with van der Waals surface area (Å²) in [5.41, 5.74) is 0.689. The number of benzene rings is 1. The molecule has 3 nitrogen and oxygen atoms in total. The molecule has 0 aliphatic carbocycles. The van der Waals surface area contributed by atoms with Crippen LogP contribution in [0.4, 0.5) is 0 Å². The van der Waals surface area contributed by atoms with E-state index in [0.29, 0.717) is 12.1 Å². The lowest BCUT2D eigenvalue weighted by Gasteiger charge is -2.12. The van der Waals surface area contributed by atoms with E-state index in [2.05, 4.69) is 21.2 Å². The van der Waals surface area contributed by atoms with Gasteiger partial charge >= 0.3 is 0 Å². The number of aromatic hydroxyl groups is 1. The van der Waals surface area contributed by atoms with Gasteiger partial charge in [0, 0.05) is 11.0 Å². The Morgan fingerprint density at radius 2 is 2.23 bits per heavy atom. The van der Waals surface area contributed by atoms with Crippen molar-refractivity contribution >= 4 is 15.9 Å². The van der Waals surface area contributed by atoms with Crippen molar-refractivity contribution in [2.45, 2.75) is 6.10 Å². The van der Waals surface area contributed by atoms with Crippen molar-refractivity contribution in [3.8, 4) is 5.75 Å². The van der Waals surface area contributed by atoms with Crippen molar-refractivity contribution in [1.82, 2.24) is 5.32 Å². The van der Waals surface area contributed by atoms with E-state index in [-0.39, 0.29) is 5.75 Å². The zero-order valence-electron chi connectivity index (χ0n) is 7.29. The maximum absolute atomic E-state index is 9.62. The molecule has 3 N–H and O–H groups in total. The molecular formula is C9H12BrNO2. The smallest absolute Gasteiger partial charge is 0.116 e. The average Bonchev–Trinajstić information content (AvgIpc) is 2.09. The van der Waals surface area contributed by atoms with Gasteiger partial charge < -0.3 is 15.5 Å². The van der Waals surface area contributed by atoms with Crippen molar-refractivity contribution in [2.75, 3.05) is 13.6 Å². The molecule has 4 heteroatoms. The second-order valence-corrected chi connectivity index (χ2v) is 3.63. The highest BCUT2D eigenvalue weighted by Crippen LogP contribution is 2.26. The van der Waals surface area contributed by atoms with Crippen LogP contribution in [0.5, 0.6) is 5.75 Å². The van der Waals surface area contributed by atoms with Gasteiger partial charge in [0.1, 0.15) is 5.75 Å². The molecule has 1 aromatic rings. The third kappa shape index (κ3) is 2.69. The number of hydrogen-bond acceptors (Lipinski definition) is 3. The van der Waals surface area contributed by atoms with Crippen LogP contribution in [0.2, 0.25) is 0 Å². The van der Waals surface area contributed by atoms with Gasteiger partial charge in [0.2, 0.25) is 0 Å². The zero-order chi connectivity index (χ0) is 9.84. The lowest BCUT2D eigenvalue weighted by atomic mass is 10.1. The highest BCUT2D eigenvalue weighted by molar-refractivity contribution is 9.10. The molecule has 0 spiro atoms. The molecule has 0 fully saturated rings. The fraction of sp³-hybridized carbons (Fsp3) is 0.333. The van der Waals surface area contributed by atoms with Crippen molar-refractivity contribution < 1.29 is 10.2 Å². The third-order valence-corrected chi connectivity index (χ3v) is 2.46. The number of nitrogens with one attached hydrogen (secondary N) is 1. The maximum Gasteiger partial charge on any atom is 0.116 e. The quantitative estimate of drug-likeness (QED) is 0.755. The van der Waals surface area contributed by atoms with E-state index < -0.39 is 6.10 Å². The van der Waals surface area contributed by atoms with Gasteiger partial charge in [-0.3, -0.25) is 0 Å². The first-order chi connectivity index (χ1) is 6.15. The molecule has 0 aliphatic heterocycles. The predicted molar refractivity (Wildman–Crippen MR) is 54.7 cm³/mol. The number of halogens is 1. The number of aliphatic hydroxyl groups excluding tert-OH is 1. The summed E-state index contributed by atoms with van der Waals surface area (Å²) in [4.78, 5) is 0. The average molecular weight is 246 g/mol. The number of likely N-dealkylation sites (N-methyl/N-ethyl adjacent to an activating group) is 1. The minimum absolute atomic E-state index is 0.161. The topological polar surface area (TPSA) is 52.5 Å². The van der Waals surface area contributed by atoms with Gasteiger partial charge in [-0.15, -0.1) is 0 Å². The van der Waals surface area contributed by atoms with Crippen LogP contribution in [-0.2, 0) is 0 Å². The van der Waals surface area contributed by atoms with Crippen molar-refractivity contribution in [1.29, 1.82) is 0 Å². The number of phenolic OH excluding ortho intramolecular Hbond substituents is 1. The van der Waals surface area contributed by atoms with Crippen LogP contribution in [0.25, 0.3) is 0 Å². The Bertz CT molecular complexity index is 291. The molecule has 0 radical (unpaired) electrons. The van der Waals surface area contributed by atoms with Crippen LogP contribution >= 0.6 is 15.9 Å². The number of aliphatic hydroxyl groups is 1. The van der Waals surface area contributed by atoms with E-state index in [1.54, 1.807) is 25.2 Å². The molecule has 0 aliphatic rings. The van der Waals surface area contributed by atoms with E-state index in [1.807, 2.05) is 0 Å². The molecule has 1 rings (SSSR count).